The van der Waals surface area contributed by atoms with Crippen LogP contribution in [0.3, 0.4) is 0 Å². The first-order valence-electron chi connectivity index (χ1n) is 7.20. The van der Waals surface area contributed by atoms with Crippen LogP contribution in [0.2, 0.25) is 0 Å². The van der Waals surface area contributed by atoms with Crippen molar-refractivity contribution in [3.63, 3.8) is 0 Å². The largest absolute Gasteiger partial charge is 0.422 e. The predicted octanol–water partition coefficient (Wildman–Crippen LogP) is 2.69. The molecule has 2 aromatic heterocycles. The molecule has 0 aliphatic heterocycles. The molecule has 0 unspecified atom stereocenters. The minimum Gasteiger partial charge on any atom is -0.422 e. The number of hydrogen-bond acceptors (Lipinski definition) is 5. The third-order valence-corrected chi connectivity index (χ3v) is 5.37. The normalized spacial score (nSPS) is 12.0. The van der Waals surface area contributed by atoms with Gasteiger partial charge in [-0.2, -0.15) is 17.6 Å². The van der Waals surface area contributed by atoms with Crippen molar-refractivity contribution in [2.45, 2.75) is 11.8 Å². The maximum atomic E-state index is 12.7. The summed E-state index contributed by atoms with van der Waals surface area (Å²) in [6.07, 6.45) is 1.20. The lowest BCUT2D eigenvalue weighted by molar-refractivity contribution is 0.569. The van der Waals surface area contributed by atoms with Crippen LogP contribution in [0.4, 0.5) is 0 Å². The molecule has 0 aliphatic rings. The molecule has 0 N–H and O–H groups in total. The number of benzene rings is 2. The Morgan fingerprint density at radius 3 is 2.46 bits per heavy atom. The lowest BCUT2D eigenvalue weighted by atomic mass is 10.2. The van der Waals surface area contributed by atoms with Crippen molar-refractivity contribution >= 4 is 31.9 Å². The Hall–Kier alpha value is -2.93. The van der Waals surface area contributed by atoms with Gasteiger partial charge in [0.05, 0.1) is 11.1 Å². The van der Waals surface area contributed by atoms with Gasteiger partial charge in [-0.15, -0.1) is 0 Å². The summed E-state index contributed by atoms with van der Waals surface area (Å²) in [6.45, 7) is 1.87. The van der Waals surface area contributed by atoms with Crippen molar-refractivity contribution in [2.24, 2.45) is 0 Å². The first kappa shape index (κ1) is 14.6. The van der Waals surface area contributed by atoms with E-state index in [0.717, 1.165) is 9.65 Å². The zero-order valence-corrected chi connectivity index (χ0v) is 13.4. The van der Waals surface area contributed by atoms with Gasteiger partial charge < -0.3 is 4.42 Å². The van der Waals surface area contributed by atoms with Crippen LogP contribution < -0.4 is 5.63 Å². The summed E-state index contributed by atoms with van der Waals surface area (Å²) in [7, 11) is -3.88. The van der Waals surface area contributed by atoms with E-state index in [-0.39, 0.29) is 10.3 Å². The lowest BCUT2D eigenvalue weighted by Crippen LogP contribution is -2.13. The van der Waals surface area contributed by atoms with E-state index in [0.29, 0.717) is 16.5 Å². The first-order chi connectivity index (χ1) is 11.5. The number of para-hydroxylation sites is 1. The average Bonchev–Trinajstić information content (AvgIpc) is 3.02. The van der Waals surface area contributed by atoms with E-state index in [4.69, 9.17) is 4.42 Å². The molecular weight excluding hydrogens is 328 g/mol. The summed E-state index contributed by atoms with van der Waals surface area (Å²) in [6, 6.07) is 13.3. The zero-order chi connectivity index (χ0) is 16.9. The summed E-state index contributed by atoms with van der Waals surface area (Å²) in [5.74, 6) is 0. The molecule has 0 radical (unpaired) electrons. The van der Waals surface area contributed by atoms with E-state index < -0.39 is 15.6 Å². The van der Waals surface area contributed by atoms with Gasteiger partial charge in [-0.25, -0.2) is 4.79 Å². The molecule has 2 heterocycles. The number of hydrogen-bond donors (Lipinski definition) is 0. The highest BCUT2D eigenvalue weighted by molar-refractivity contribution is 7.89. The summed E-state index contributed by atoms with van der Waals surface area (Å²) in [5.41, 5.74) is 1.01. The second kappa shape index (κ2) is 5.04. The minimum absolute atomic E-state index is 0.106. The molecule has 0 atom stereocenters. The predicted molar refractivity (Wildman–Crippen MR) is 89.5 cm³/mol. The molecule has 4 aromatic rings. The standard InChI is InChI=1S/C17H12N2O4S/c1-11-6-8-12(9-7-11)24(21,22)19-10-14-16(18-19)13-4-2-3-5-15(13)23-17(14)20/h2-10H,1H3. The van der Waals surface area contributed by atoms with E-state index in [1.807, 2.05) is 6.92 Å². The Morgan fingerprint density at radius 2 is 1.71 bits per heavy atom. The van der Waals surface area contributed by atoms with Crippen molar-refractivity contribution < 1.29 is 12.8 Å². The van der Waals surface area contributed by atoms with Gasteiger partial charge in [0.25, 0.3) is 10.0 Å². The summed E-state index contributed by atoms with van der Waals surface area (Å²) >= 11 is 0. The zero-order valence-electron chi connectivity index (χ0n) is 12.6. The van der Waals surface area contributed by atoms with E-state index in [9.17, 15) is 13.2 Å². The van der Waals surface area contributed by atoms with E-state index >= 15 is 0 Å². The average molecular weight is 340 g/mol. The van der Waals surface area contributed by atoms with Gasteiger partial charge in [0, 0.05) is 5.39 Å². The molecule has 0 bridgehead atoms. The number of aromatic nitrogens is 2. The first-order valence-corrected chi connectivity index (χ1v) is 8.64. The number of aryl methyl sites for hydroxylation is 1. The minimum atomic E-state index is -3.88. The fraction of sp³-hybridized carbons (Fsp3) is 0.0588. The van der Waals surface area contributed by atoms with Crippen LogP contribution in [-0.2, 0) is 10.0 Å². The van der Waals surface area contributed by atoms with Gasteiger partial charge in [-0.3, -0.25) is 0 Å². The van der Waals surface area contributed by atoms with Crippen LogP contribution in [0.5, 0.6) is 0 Å². The van der Waals surface area contributed by atoms with E-state index in [1.165, 1.54) is 18.3 Å². The van der Waals surface area contributed by atoms with E-state index in [1.54, 1.807) is 36.4 Å². The van der Waals surface area contributed by atoms with Gasteiger partial charge in [-0.1, -0.05) is 29.8 Å². The Kier molecular flexibility index (Phi) is 3.07. The highest BCUT2D eigenvalue weighted by Gasteiger charge is 2.21. The molecule has 2 aromatic carbocycles. The smallest absolute Gasteiger partial charge is 0.347 e. The van der Waals surface area contributed by atoms with Gasteiger partial charge in [0.1, 0.15) is 16.5 Å². The molecule has 0 fully saturated rings. The van der Waals surface area contributed by atoms with Gasteiger partial charge in [0.2, 0.25) is 0 Å². The van der Waals surface area contributed by atoms with Crippen LogP contribution in [0, 0.1) is 6.92 Å². The van der Waals surface area contributed by atoms with Gasteiger partial charge in [0.15, 0.2) is 0 Å². The van der Waals surface area contributed by atoms with E-state index in [2.05, 4.69) is 5.10 Å². The van der Waals surface area contributed by atoms with Crippen LogP contribution in [-0.4, -0.2) is 17.6 Å². The maximum Gasteiger partial charge on any atom is 0.347 e. The third kappa shape index (κ3) is 2.13. The van der Waals surface area contributed by atoms with Crippen molar-refractivity contribution in [2.75, 3.05) is 0 Å². The summed E-state index contributed by atoms with van der Waals surface area (Å²) in [5, 5.41) is 4.86. The highest BCUT2D eigenvalue weighted by Crippen LogP contribution is 2.23. The monoisotopic (exact) mass is 340 g/mol. The topological polar surface area (TPSA) is 82.2 Å². The van der Waals surface area contributed by atoms with Gasteiger partial charge >= 0.3 is 5.63 Å². The molecule has 7 heteroatoms. The Morgan fingerprint density at radius 1 is 1.00 bits per heavy atom. The van der Waals surface area contributed by atoms with Crippen LogP contribution in [0.1, 0.15) is 5.56 Å². The molecule has 24 heavy (non-hydrogen) atoms. The molecule has 0 saturated heterocycles. The fourth-order valence-corrected chi connectivity index (χ4v) is 3.68. The second-order valence-corrected chi connectivity index (χ2v) is 7.26. The third-order valence-electron chi connectivity index (χ3n) is 3.82. The molecule has 6 nitrogen and oxygen atoms in total. The number of rotatable bonds is 2. The Labute approximate surface area is 137 Å². The SMILES string of the molecule is Cc1ccc(S(=O)(=O)n2cc3c(=O)oc4ccccc4c3n2)cc1. The number of fused-ring (bicyclic) bond motifs is 3. The molecule has 4 rings (SSSR count). The van der Waals surface area contributed by atoms with Crippen LogP contribution in [0.15, 0.2) is 68.8 Å². The molecular formula is C17H12N2O4S. The fourth-order valence-electron chi connectivity index (χ4n) is 2.55. The summed E-state index contributed by atoms with van der Waals surface area (Å²) in [4.78, 5) is 12.2. The quantitative estimate of drug-likeness (QED) is 0.524. The maximum absolute atomic E-state index is 12.7. The summed E-state index contributed by atoms with van der Waals surface area (Å²) < 4.78 is 31.5. The number of nitrogens with zero attached hydrogens (tertiary/aromatic N) is 2. The Balaban J connectivity index is 2.01. The van der Waals surface area contributed by atoms with Gasteiger partial charge in [-0.05, 0) is 31.2 Å². The van der Waals surface area contributed by atoms with Crippen LogP contribution >= 0.6 is 0 Å². The van der Waals surface area contributed by atoms with Crippen molar-refractivity contribution in [3.8, 4) is 0 Å². The van der Waals surface area contributed by atoms with Crippen LogP contribution in [0.25, 0.3) is 21.9 Å². The molecule has 0 aliphatic carbocycles. The highest BCUT2D eigenvalue weighted by atomic mass is 32.2. The molecule has 120 valence electrons. The molecule has 0 saturated carbocycles. The molecule has 0 spiro atoms. The van der Waals surface area contributed by atoms with Crippen molar-refractivity contribution in [3.05, 3.63) is 70.7 Å². The van der Waals surface area contributed by atoms with Crippen molar-refractivity contribution in [1.82, 2.24) is 9.19 Å². The lowest BCUT2D eigenvalue weighted by Gasteiger charge is -2.04. The molecule has 0 amide bonds. The second-order valence-electron chi connectivity index (χ2n) is 5.47. The van der Waals surface area contributed by atoms with Crippen molar-refractivity contribution in [1.29, 1.82) is 0 Å². The Bertz CT molecular complexity index is 1240.